The molecule has 128 valence electrons. The molecule has 5 nitrogen and oxygen atoms in total. The fraction of sp³-hybridized carbons (Fsp3) is 0.211. The minimum atomic E-state index is -0.197. The third-order valence-corrected chi connectivity index (χ3v) is 4.81. The zero-order chi connectivity index (χ0) is 17.8. The Hall–Kier alpha value is -2.73. The van der Waals surface area contributed by atoms with Crippen molar-refractivity contribution in [3.63, 3.8) is 0 Å². The number of hydrogen-bond acceptors (Lipinski definition) is 4. The van der Waals surface area contributed by atoms with Crippen LogP contribution in [0.25, 0.3) is 0 Å². The molecule has 0 saturated carbocycles. The predicted molar refractivity (Wildman–Crippen MR) is 98.7 cm³/mol. The minimum Gasteiger partial charge on any atom is -0.354 e. The third-order valence-electron chi connectivity index (χ3n) is 3.89. The predicted octanol–water partition coefficient (Wildman–Crippen LogP) is 3.29. The van der Waals surface area contributed by atoms with Crippen molar-refractivity contribution in [2.75, 3.05) is 0 Å². The van der Waals surface area contributed by atoms with Crippen LogP contribution in [0.2, 0.25) is 0 Å². The highest BCUT2D eigenvalue weighted by molar-refractivity contribution is 7.09. The molecular formula is C19H19N3O2S. The molecule has 0 radical (unpaired) electrons. The van der Waals surface area contributed by atoms with Gasteiger partial charge in [-0.3, -0.25) is 9.59 Å². The molecule has 3 rings (SSSR count). The van der Waals surface area contributed by atoms with Crippen LogP contribution < -0.4 is 5.43 Å². The highest BCUT2D eigenvalue weighted by Gasteiger charge is 2.19. The van der Waals surface area contributed by atoms with E-state index in [1.165, 1.54) is 23.5 Å². The molecule has 1 aromatic carbocycles. The fourth-order valence-corrected chi connectivity index (χ4v) is 3.41. The molecule has 6 heteroatoms. The quantitative estimate of drug-likeness (QED) is 0.765. The van der Waals surface area contributed by atoms with E-state index in [0.29, 0.717) is 24.5 Å². The number of thiazole rings is 1. The Kier molecular flexibility index (Phi) is 5.09. The summed E-state index contributed by atoms with van der Waals surface area (Å²) < 4.78 is 0. The van der Waals surface area contributed by atoms with Crippen molar-refractivity contribution >= 4 is 17.2 Å². The Morgan fingerprint density at radius 2 is 1.92 bits per heavy atom. The molecule has 2 heterocycles. The number of amides is 1. The van der Waals surface area contributed by atoms with Crippen molar-refractivity contribution in [3.05, 3.63) is 85.7 Å². The van der Waals surface area contributed by atoms with Crippen molar-refractivity contribution in [2.24, 2.45) is 0 Å². The molecule has 0 aliphatic carbocycles. The summed E-state index contributed by atoms with van der Waals surface area (Å²) in [6.45, 7) is 4.63. The molecule has 1 amide bonds. The van der Waals surface area contributed by atoms with E-state index in [1.54, 1.807) is 17.3 Å². The molecule has 0 fully saturated rings. The number of rotatable bonds is 5. The first-order chi connectivity index (χ1) is 12.0. The SMILES string of the molecule is Cc1cc(=O)cc(C(=O)N(Cc2ccccc2)Cc2scnc2C)[nH]1. The van der Waals surface area contributed by atoms with Crippen molar-refractivity contribution in [1.82, 2.24) is 14.9 Å². The monoisotopic (exact) mass is 353 g/mol. The van der Waals surface area contributed by atoms with Crippen LogP contribution in [0.3, 0.4) is 0 Å². The lowest BCUT2D eigenvalue weighted by Crippen LogP contribution is -2.31. The molecule has 0 aliphatic heterocycles. The molecule has 25 heavy (non-hydrogen) atoms. The molecular weight excluding hydrogens is 334 g/mol. The second-order valence-electron chi connectivity index (χ2n) is 5.92. The maximum Gasteiger partial charge on any atom is 0.271 e. The number of nitrogens with one attached hydrogen (secondary N) is 1. The van der Waals surface area contributed by atoms with Gasteiger partial charge in [-0.2, -0.15) is 0 Å². The number of H-pyrrole nitrogens is 1. The van der Waals surface area contributed by atoms with Gasteiger partial charge in [-0.15, -0.1) is 11.3 Å². The molecule has 0 atom stereocenters. The Morgan fingerprint density at radius 3 is 2.56 bits per heavy atom. The van der Waals surface area contributed by atoms with Crippen LogP contribution in [-0.4, -0.2) is 20.8 Å². The van der Waals surface area contributed by atoms with E-state index in [2.05, 4.69) is 9.97 Å². The number of carbonyl (C=O) groups excluding carboxylic acids is 1. The number of hydrogen-bond donors (Lipinski definition) is 1. The second-order valence-corrected chi connectivity index (χ2v) is 6.86. The molecule has 1 N–H and O–H groups in total. The van der Waals surface area contributed by atoms with Crippen LogP contribution in [0.1, 0.15) is 32.3 Å². The first-order valence-corrected chi connectivity index (χ1v) is 8.84. The smallest absolute Gasteiger partial charge is 0.271 e. The summed E-state index contributed by atoms with van der Waals surface area (Å²) in [6, 6.07) is 12.6. The zero-order valence-electron chi connectivity index (χ0n) is 14.2. The summed E-state index contributed by atoms with van der Waals surface area (Å²) in [5.74, 6) is -0.197. The highest BCUT2D eigenvalue weighted by atomic mass is 32.1. The maximum atomic E-state index is 13.0. The summed E-state index contributed by atoms with van der Waals surface area (Å²) in [7, 11) is 0. The molecule has 0 spiro atoms. The number of aryl methyl sites for hydroxylation is 2. The van der Waals surface area contributed by atoms with Crippen molar-refractivity contribution in [3.8, 4) is 0 Å². The Labute approximate surface area is 150 Å². The molecule has 2 aromatic heterocycles. The lowest BCUT2D eigenvalue weighted by atomic mass is 10.2. The van der Waals surface area contributed by atoms with Gasteiger partial charge < -0.3 is 9.88 Å². The van der Waals surface area contributed by atoms with Gasteiger partial charge in [-0.05, 0) is 19.4 Å². The minimum absolute atomic E-state index is 0.173. The average Bonchev–Trinajstić information content (AvgIpc) is 2.98. The van der Waals surface area contributed by atoms with Crippen LogP contribution >= 0.6 is 11.3 Å². The van der Waals surface area contributed by atoms with Crippen LogP contribution in [0.15, 0.2) is 52.8 Å². The third kappa shape index (κ3) is 4.22. The first-order valence-electron chi connectivity index (χ1n) is 7.96. The summed E-state index contributed by atoms with van der Waals surface area (Å²) >= 11 is 1.53. The van der Waals surface area contributed by atoms with Gasteiger partial charge in [0.05, 0.1) is 17.7 Å². The molecule has 0 aliphatic rings. The Bertz CT molecular complexity index is 931. The van der Waals surface area contributed by atoms with Crippen LogP contribution in [0.4, 0.5) is 0 Å². The number of nitrogens with zero attached hydrogens (tertiary/aromatic N) is 2. The van der Waals surface area contributed by atoms with E-state index in [0.717, 1.165) is 16.1 Å². The highest BCUT2D eigenvalue weighted by Crippen LogP contribution is 2.18. The first kappa shape index (κ1) is 17.1. The summed E-state index contributed by atoms with van der Waals surface area (Å²) in [5, 5.41) is 0. The molecule has 0 bridgehead atoms. The number of carbonyl (C=O) groups is 1. The van der Waals surface area contributed by atoms with Crippen molar-refractivity contribution < 1.29 is 4.79 Å². The summed E-state index contributed by atoms with van der Waals surface area (Å²) in [5.41, 5.74) is 4.55. The molecule has 3 aromatic rings. The van der Waals surface area contributed by atoms with E-state index in [9.17, 15) is 9.59 Å². The number of aromatic amines is 1. The normalized spacial score (nSPS) is 10.6. The number of pyridine rings is 1. The van der Waals surface area contributed by atoms with E-state index >= 15 is 0 Å². The lowest BCUT2D eigenvalue weighted by Gasteiger charge is -2.22. The maximum absolute atomic E-state index is 13.0. The van der Waals surface area contributed by atoms with Crippen molar-refractivity contribution in [2.45, 2.75) is 26.9 Å². The van der Waals surface area contributed by atoms with Gasteiger partial charge in [-0.25, -0.2) is 4.98 Å². The number of benzene rings is 1. The molecule has 0 saturated heterocycles. The average molecular weight is 353 g/mol. The topological polar surface area (TPSA) is 66.1 Å². The largest absolute Gasteiger partial charge is 0.354 e. The van der Waals surface area contributed by atoms with E-state index < -0.39 is 0 Å². The van der Waals surface area contributed by atoms with Crippen LogP contribution in [0.5, 0.6) is 0 Å². The van der Waals surface area contributed by atoms with Crippen LogP contribution in [0, 0.1) is 13.8 Å². The Morgan fingerprint density at radius 1 is 1.16 bits per heavy atom. The van der Waals surface area contributed by atoms with E-state index in [1.807, 2.05) is 37.3 Å². The van der Waals surface area contributed by atoms with Gasteiger partial charge in [0.25, 0.3) is 5.91 Å². The van der Waals surface area contributed by atoms with E-state index in [4.69, 9.17) is 0 Å². The van der Waals surface area contributed by atoms with Gasteiger partial charge in [0.2, 0.25) is 0 Å². The number of aromatic nitrogens is 2. The molecule has 0 unspecified atom stereocenters. The van der Waals surface area contributed by atoms with Gasteiger partial charge in [-0.1, -0.05) is 30.3 Å². The Balaban J connectivity index is 1.93. The summed E-state index contributed by atoms with van der Waals surface area (Å²) in [4.78, 5) is 34.8. The lowest BCUT2D eigenvalue weighted by molar-refractivity contribution is 0.0725. The van der Waals surface area contributed by atoms with Gasteiger partial charge in [0.15, 0.2) is 5.43 Å². The zero-order valence-corrected chi connectivity index (χ0v) is 15.0. The van der Waals surface area contributed by atoms with E-state index in [-0.39, 0.29) is 11.3 Å². The van der Waals surface area contributed by atoms with Crippen molar-refractivity contribution in [1.29, 1.82) is 0 Å². The fourth-order valence-electron chi connectivity index (χ4n) is 2.62. The standard InChI is InChI=1S/C19H19N3O2S/c1-13-8-16(23)9-17(21-13)19(24)22(10-15-6-4-3-5-7-15)11-18-14(2)20-12-25-18/h3-9,12H,10-11H2,1-2H3,(H,21,23). The summed E-state index contributed by atoms with van der Waals surface area (Å²) in [6.07, 6.45) is 0. The van der Waals surface area contributed by atoms with Gasteiger partial charge >= 0.3 is 0 Å². The van der Waals surface area contributed by atoms with Crippen LogP contribution in [-0.2, 0) is 13.1 Å². The van der Waals surface area contributed by atoms with Gasteiger partial charge in [0.1, 0.15) is 5.69 Å². The van der Waals surface area contributed by atoms with Gasteiger partial charge in [0, 0.05) is 29.2 Å². The second kappa shape index (κ2) is 7.44.